The number of hydrazone groups is 1. The molecule has 0 atom stereocenters. The van der Waals surface area contributed by atoms with E-state index < -0.39 is 0 Å². The largest absolute Gasteiger partial charge is 0.348 e. The van der Waals surface area contributed by atoms with Gasteiger partial charge in [-0.25, -0.2) is 10.4 Å². The van der Waals surface area contributed by atoms with Crippen molar-refractivity contribution in [1.82, 2.24) is 19.5 Å². The molecule has 0 unspecified atom stereocenters. The number of benzene rings is 1. The topological polar surface area (TPSA) is 64.2 Å². The Kier molecular flexibility index (Phi) is 5.44. The molecule has 0 fully saturated rings. The van der Waals surface area contributed by atoms with Gasteiger partial charge in [0.2, 0.25) is 5.91 Å². The highest BCUT2D eigenvalue weighted by molar-refractivity contribution is 5.85. The van der Waals surface area contributed by atoms with Gasteiger partial charge >= 0.3 is 0 Å². The van der Waals surface area contributed by atoms with Crippen molar-refractivity contribution >= 4 is 23.2 Å². The number of carbonyl (C=O) groups excluding carboxylic acids is 1. The molecule has 2 heterocycles. The standard InChI is InChI=1S/C21H27N5O/c1-14(2)13-26-15(3)10-17(16(26)4)12-22-24-21(27)11-20-23-18-8-6-7-9-19(18)25(20)5/h6-10,12,14H,11,13H2,1-5H3,(H,24,27)/b22-12+. The number of aryl methyl sites for hydroxylation is 2. The molecule has 27 heavy (non-hydrogen) atoms. The van der Waals surface area contributed by atoms with Crippen LogP contribution in [-0.4, -0.2) is 26.2 Å². The summed E-state index contributed by atoms with van der Waals surface area (Å²) in [5.74, 6) is 1.12. The van der Waals surface area contributed by atoms with Crippen LogP contribution in [0.3, 0.4) is 0 Å². The highest BCUT2D eigenvalue weighted by Gasteiger charge is 2.12. The van der Waals surface area contributed by atoms with Crippen LogP contribution in [-0.2, 0) is 24.8 Å². The van der Waals surface area contributed by atoms with E-state index in [2.05, 4.69) is 53.8 Å². The van der Waals surface area contributed by atoms with Crippen LogP contribution in [0.15, 0.2) is 35.4 Å². The molecule has 0 spiro atoms. The van der Waals surface area contributed by atoms with E-state index in [1.165, 1.54) is 5.69 Å². The van der Waals surface area contributed by atoms with Crippen molar-refractivity contribution < 1.29 is 4.79 Å². The maximum absolute atomic E-state index is 12.3. The minimum absolute atomic E-state index is 0.180. The summed E-state index contributed by atoms with van der Waals surface area (Å²) < 4.78 is 4.23. The summed E-state index contributed by atoms with van der Waals surface area (Å²) in [5, 5.41) is 4.14. The molecular formula is C21H27N5O. The quantitative estimate of drug-likeness (QED) is 0.538. The lowest BCUT2D eigenvalue weighted by Gasteiger charge is -2.11. The van der Waals surface area contributed by atoms with Crippen LogP contribution in [0.4, 0.5) is 0 Å². The molecule has 0 saturated carbocycles. The van der Waals surface area contributed by atoms with Gasteiger partial charge in [-0.15, -0.1) is 0 Å². The van der Waals surface area contributed by atoms with Gasteiger partial charge in [0.05, 0.1) is 23.7 Å². The van der Waals surface area contributed by atoms with E-state index in [1.54, 1.807) is 6.21 Å². The number of para-hydroxylation sites is 2. The average molecular weight is 365 g/mol. The molecule has 0 radical (unpaired) electrons. The lowest BCUT2D eigenvalue weighted by molar-refractivity contribution is -0.120. The van der Waals surface area contributed by atoms with Crippen molar-refractivity contribution in [3.8, 4) is 0 Å². The van der Waals surface area contributed by atoms with E-state index in [0.717, 1.165) is 34.7 Å². The number of nitrogens with one attached hydrogen (secondary N) is 1. The van der Waals surface area contributed by atoms with Crippen molar-refractivity contribution in [2.75, 3.05) is 0 Å². The molecule has 0 aliphatic rings. The summed E-state index contributed by atoms with van der Waals surface area (Å²) in [7, 11) is 1.92. The normalized spacial score (nSPS) is 11.8. The Morgan fingerprint density at radius 3 is 2.74 bits per heavy atom. The fraction of sp³-hybridized carbons (Fsp3) is 0.381. The summed E-state index contributed by atoms with van der Waals surface area (Å²) in [6.45, 7) is 9.56. The van der Waals surface area contributed by atoms with Gasteiger partial charge in [0.25, 0.3) is 0 Å². The molecule has 3 rings (SSSR count). The second-order valence-corrected chi connectivity index (χ2v) is 7.38. The first kappa shape index (κ1) is 18.9. The number of fused-ring (bicyclic) bond motifs is 1. The van der Waals surface area contributed by atoms with Gasteiger partial charge in [-0.1, -0.05) is 26.0 Å². The SMILES string of the molecule is Cc1cc(/C=N/NC(=O)Cc2nc3ccccc3n2C)c(C)n1CC(C)C. The van der Waals surface area contributed by atoms with E-state index in [1.807, 2.05) is 35.9 Å². The number of hydrogen-bond donors (Lipinski definition) is 1. The number of hydrogen-bond acceptors (Lipinski definition) is 3. The van der Waals surface area contributed by atoms with E-state index in [9.17, 15) is 4.79 Å². The highest BCUT2D eigenvalue weighted by Crippen LogP contribution is 2.16. The fourth-order valence-electron chi connectivity index (χ4n) is 3.32. The molecule has 2 aromatic heterocycles. The van der Waals surface area contributed by atoms with Crippen LogP contribution in [0.2, 0.25) is 0 Å². The zero-order valence-electron chi connectivity index (χ0n) is 16.7. The lowest BCUT2D eigenvalue weighted by Crippen LogP contribution is -2.21. The number of carbonyl (C=O) groups is 1. The van der Waals surface area contributed by atoms with Crippen LogP contribution < -0.4 is 5.43 Å². The van der Waals surface area contributed by atoms with Crippen molar-refractivity contribution in [3.05, 3.63) is 53.1 Å². The average Bonchev–Trinajstić information content (AvgIpc) is 3.06. The van der Waals surface area contributed by atoms with Gasteiger partial charge in [0, 0.05) is 30.5 Å². The molecular weight excluding hydrogens is 338 g/mol. The Balaban J connectivity index is 1.66. The molecule has 0 aliphatic heterocycles. The summed E-state index contributed by atoms with van der Waals surface area (Å²) in [6, 6.07) is 9.95. The lowest BCUT2D eigenvalue weighted by atomic mass is 10.2. The third-order valence-corrected chi connectivity index (χ3v) is 4.75. The number of nitrogens with zero attached hydrogens (tertiary/aromatic N) is 4. The van der Waals surface area contributed by atoms with Gasteiger partial charge < -0.3 is 9.13 Å². The monoisotopic (exact) mass is 365 g/mol. The maximum Gasteiger partial charge on any atom is 0.247 e. The Hall–Kier alpha value is -2.89. The van der Waals surface area contributed by atoms with E-state index in [-0.39, 0.29) is 12.3 Å². The third kappa shape index (κ3) is 4.10. The second-order valence-electron chi connectivity index (χ2n) is 7.38. The number of aromatic nitrogens is 3. The zero-order valence-corrected chi connectivity index (χ0v) is 16.7. The first-order chi connectivity index (χ1) is 12.9. The molecule has 0 aliphatic carbocycles. The predicted octanol–water partition coefficient (Wildman–Crippen LogP) is 3.34. The molecule has 0 saturated heterocycles. The Bertz CT molecular complexity index is 994. The molecule has 6 heteroatoms. The first-order valence-electron chi connectivity index (χ1n) is 9.25. The molecule has 0 bridgehead atoms. The minimum Gasteiger partial charge on any atom is -0.348 e. The first-order valence-corrected chi connectivity index (χ1v) is 9.25. The predicted molar refractivity (Wildman–Crippen MR) is 109 cm³/mol. The van der Waals surface area contributed by atoms with Gasteiger partial charge in [-0.3, -0.25) is 4.79 Å². The van der Waals surface area contributed by atoms with E-state index >= 15 is 0 Å². The molecule has 142 valence electrons. The van der Waals surface area contributed by atoms with Crippen molar-refractivity contribution in [3.63, 3.8) is 0 Å². The van der Waals surface area contributed by atoms with Gasteiger partial charge in [0.1, 0.15) is 5.82 Å². The van der Waals surface area contributed by atoms with E-state index in [4.69, 9.17) is 0 Å². The Morgan fingerprint density at radius 2 is 2.04 bits per heavy atom. The van der Waals surface area contributed by atoms with Crippen molar-refractivity contribution in [2.45, 2.75) is 40.7 Å². The fourth-order valence-corrected chi connectivity index (χ4v) is 3.32. The minimum atomic E-state index is -0.180. The summed E-state index contributed by atoms with van der Waals surface area (Å²) in [5.41, 5.74) is 7.91. The summed E-state index contributed by atoms with van der Waals surface area (Å²) in [4.78, 5) is 16.8. The van der Waals surface area contributed by atoms with Gasteiger partial charge in [0.15, 0.2) is 0 Å². The van der Waals surface area contributed by atoms with Crippen LogP contribution in [0.1, 0.15) is 36.6 Å². The van der Waals surface area contributed by atoms with Crippen LogP contribution in [0.25, 0.3) is 11.0 Å². The Morgan fingerprint density at radius 1 is 1.30 bits per heavy atom. The van der Waals surface area contributed by atoms with Crippen molar-refractivity contribution in [2.24, 2.45) is 18.1 Å². The van der Waals surface area contributed by atoms with Crippen LogP contribution in [0, 0.1) is 19.8 Å². The molecule has 1 aromatic carbocycles. The molecule has 1 N–H and O–H groups in total. The summed E-state index contributed by atoms with van der Waals surface area (Å²) in [6.07, 6.45) is 1.90. The Labute approximate surface area is 159 Å². The van der Waals surface area contributed by atoms with Crippen molar-refractivity contribution in [1.29, 1.82) is 0 Å². The summed E-state index contributed by atoms with van der Waals surface area (Å²) >= 11 is 0. The van der Waals surface area contributed by atoms with Crippen LogP contribution >= 0.6 is 0 Å². The number of imidazole rings is 1. The smallest absolute Gasteiger partial charge is 0.247 e. The zero-order chi connectivity index (χ0) is 19.6. The molecule has 6 nitrogen and oxygen atoms in total. The third-order valence-electron chi connectivity index (χ3n) is 4.75. The van der Waals surface area contributed by atoms with Crippen LogP contribution in [0.5, 0.6) is 0 Å². The molecule has 3 aromatic rings. The molecule has 1 amide bonds. The highest BCUT2D eigenvalue weighted by atomic mass is 16.2. The number of amides is 1. The number of rotatable bonds is 6. The van der Waals surface area contributed by atoms with E-state index in [0.29, 0.717) is 5.92 Å². The maximum atomic E-state index is 12.3. The van der Waals surface area contributed by atoms with Gasteiger partial charge in [-0.05, 0) is 38.0 Å². The van der Waals surface area contributed by atoms with Gasteiger partial charge in [-0.2, -0.15) is 5.10 Å². The second kappa shape index (κ2) is 7.78.